The zero-order valence-corrected chi connectivity index (χ0v) is 12.5. The monoisotopic (exact) mass is 288 g/mol. The fourth-order valence-electron chi connectivity index (χ4n) is 2.21. The number of rotatable bonds is 3. The van der Waals surface area contributed by atoms with Crippen molar-refractivity contribution in [2.24, 2.45) is 5.10 Å². The molecule has 0 bridgehead atoms. The standard InChI is InChI=1S/C14H16N4OS/c1-8-4-5-9(2)13-12(8)16-14(20-13)15-7-18-11(19)6-10(3)17-18/h4-5H,6-7H2,1-3H3,(H,15,16). The fraction of sp³-hybridized carbons (Fsp3) is 0.357. The molecule has 3 rings (SSSR count). The quantitative estimate of drug-likeness (QED) is 0.944. The number of aryl methyl sites for hydroxylation is 2. The van der Waals surface area contributed by atoms with Gasteiger partial charge in [-0.3, -0.25) is 4.79 Å². The number of carbonyl (C=O) groups is 1. The lowest BCUT2D eigenvalue weighted by atomic mass is 10.1. The number of carbonyl (C=O) groups excluding carboxylic acids is 1. The fourth-order valence-corrected chi connectivity index (χ4v) is 3.21. The van der Waals surface area contributed by atoms with E-state index in [0.29, 0.717) is 13.1 Å². The van der Waals surface area contributed by atoms with Crippen molar-refractivity contribution in [2.75, 3.05) is 12.0 Å². The minimum atomic E-state index is 0.0310. The van der Waals surface area contributed by atoms with Gasteiger partial charge in [0.2, 0.25) is 5.91 Å². The lowest BCUT2D eigenvalue weighted by Gasteiger charge is -2.11. The lowest BCUT2D eigenvalue weighted by Crippen LogP contribution is -2.26. The molecule has 1 aromatic heterocycles. The van der Waals surface area contributed by atoms with Crippen LogP contribution in [0, 0.1) is 13.8 Å². The molecule has 2 aromatic rings. The minimum Gasteiger partial charge on any atom is -0.342 e. The summed E-state index contributed by atoms with van der Waals surface area (Å²) >= 11 is 1.61. The molecular weight excluding hydrogens is 272 g/mol. The Balaban J connectivity index is 1.80. The van der Waals surface area contributed by atoms with Crippen LogP contribution in [-0.4, -0.2) is 28.3 Å². The van der Waals surface area contributed by atoms with Gasteiger partial charge >= 0.3 is 0 Å². The molecule has 0 radical (unpaired) electrons. The summed E-state index contributed by atoms with van der Waals surface area (Å²) in [6.07, 6.45) is 0.416. The second-order valence-corrected chi connectivity index (χ2v) is 6.04. The van der Waals surface area contributed by atoms with Crippen LogP contribution in [0.5, 0.6) is 0 Å². The molecule has 0 saturated carbocycles. The highest BCUT2D eigenvalue weighted by Gasteiger charge is 2.20. The second kappa shape index (κ2) is 4.86. The number of hydrogen-bond acceptors (Lipinski definition) is 5. The third kappa shape index (κ3) is 2.27. The summed E-state index contributed by atoms with van der Waals surface area (Å²) in [5.74, 6) is 0.0310. The Morgan fingerprint density at radius 3 is 2.70 bits per heavy atom. The Bertz CT molecular complexity index is 680. The van der Waals surface area contributed by atoms with Crippen LogP contribution < -0.4 is 5.32 Å². The van der Waals surface area contributed by atoms with E-state index in [1.165, 1.54) is 20.8 Å². The van der Waals surface area contributed by atoms with Crippen molar-refractivity contribution in [3.05, 3.63) is 23.3 Å². The molecule has 6 heteroatoms. The number of hydrazone groups is 1. The molecule has 0 spiro atoms. The number of hydrogen-bond donors (Lipinski definition) is 1. The molecule has 1 N–H and O–H groups in total. The van der Waals surface area contributed by atoms with E-state index in [1.807, 2.05) is 6.92 Å². The van der Waals surface area contributed by atoms with Crippen molar-refractivity contribution >= 4 is 38.3 Å². The van der Waals surface area contributed by atoms with Crippen molar-refractivity contribution in [3.8, 4) is 0 Å². The van der Waals surface area contributed by atoms with E-state index < -0.39 is 0 Å². The van der Waals surface area contributed by atoms with Gasteiger partial charge in [0.25, 0.3) is 0 Å². The summed E-state index contributed by atoms with van der Waals surface area (Å²) in [6, 6.07) is 4.19. The van der Waals surface area contributed by atoms with Crippen molar-refractivity contribution in [3.63, 3.8) is 0 Å². The maximum Gasteiger partial charge on any atom is 0.250 e. The third-order valence-corrected chi connectivity index (χ3v) is 4.46. The average Bonchev–Trinajstić information content (AvgIpc) is 2.96. The van der Waals surface area contributed by atoms with Crippen molar-refractivity contribution in [2.45, 2.75) is 27.2 Å². The van der Waals surface area contributed by atoms with Gasteiger partial charge in [0, 0.05) is 5.71 Å². The summed E-state index contributed by atoms with van der Waals surface area (Å²) in [5, 5.41) is 9.66. The van der Waals surface area contributed by atoms with E-state index >= 15 is 0 Å². The number of fused-ring (bicyclic) bond motifs is 1. The minimum absolute atomic E-state index is 0.0310. The predicted octanol–water partition coefficient (Wildman–Crippen LogP) is 2.89. The van der Waals surface area contributed by atoms with Gasteiger partial charge in [0.05, 0.1) is 16.6 Å². The van der Waals surface area contributed by atoms with E-state index in [2.05, 4.69) is 41.4 Å². The summed E-state index contributed by atoms with van der Waals surface area (Å²) in [5.41, 5.74) is 4.28. The van der Waals surface area contributed by atoms with Gasteiger partial charge < -0.3 is 5.32 Å². The van der Waals surface area contributed by atoms with Gasteiger partial charge in [-0.05, 0) is 31.9 Å². The zero-order chi connectivity index (χ0) is 14.3. The van der Waals surface area contributed by atoms with E-state index in [1.54, 1.807) is 11.3 Å². The maximum atomic E-state index is 11.6. The van der Waals surface area contributed by atoms with Crippen molar-refractivity contribution < 1.29 is 4.79 Å². The first-order valence-electron chi connectivity index (χ1n) is 6.49. The van der Waals surface area contributed by atoms with Gasteiger partial charge in [-0.2, -0.15) is 5.10 Å². The molecule has 104 valence electrons. The van der Waals surface area contributed by atoms with Gasteiger partial charge in [-0.1, -0.05) is 23.5 Å². The Morgan fingerprint density at radius 1 is 1.30 bits per heavy atom. The van der Waals surface area contributed by atoms with Crippen LogP contribution in [0.25, 0.3) is 10.2 Å². The van der Waals surface area contributed by atoms with Crippen LogP contribution in [0.15, 0.2) is 17.2 Å². The lowest BCUT2D eigenvalue weighted by molar-refractivity contribution is -0.128. The van der Waals surface area contributed by atoms with Crippen LogP contribution in [0.4, 0.5) is 5.13 Å². The van der Waals surface area contributed by atoms with Crippen LogP contribution in [0.2, 0.25) is 0 Å². The molecule has 0 unspecified atom stereocenters. The molecule has 1 amide bonds. The van der Waals surface area contributed by atoms with E-state index in [4.69, 9.17) is 0 Å². The van der Waals surface area contributed by atoms with Crippen LogP contribution in [0.1, 0.15) is 24.5 Å². The first-order chi connectivity index (χ1) is 9.54. The Morgan fingerprint density at radius 2 is 2.05 bits per heavy atom. The number of anilines is 1. The van der Waals surface area contributed by atoms with E-state index in [-0.39, 0.29) is 5.91 Å². The van der Waals surface area contributed by atoms with Crippen LogP contribution >= 0.6 is 11.3 Å². The van der Waals surface area contributed by atoms with Gasteiger partial charge in [-0.15, -0.1) is 0 Å². The van der Waals surface area contributed by atoms with Gasteiger partial charge in [0.15, 0.2) is 5.13 Å². The summed E-state index contributed by atoms with van der Waals surface area (Å²) < 4.78 is 1.19. The Labute approximate surface area is 121 Å². The predicted molar refractivity (Wildman–Crippen MR) is 82.2 cm³/mol. The number of aromatic nitrogens is 1. The Kier molecular flexibility index (Phi) is 3.17. The first-order valence-corrected chi connectivity index (χ1v) is 7.31. The maximum absolute atomic E-state index is 11.6. The Hall–Kier alpha value is -1.95. The molecule has 5 nitrogen and oxygen atoms in total. The SMILES string of the molecule is CC1=NN(CNc2nc3c(C)ccc(C)c3s2)C(=O)C1. The topological polar surface area (TPSA) is 57.6 Å². The van der Waals surface area contributed by atoms with E-state index in [9.17, 15) is 4.79 Å². The molecule has 2 heterocycles. The molecule has 1 aliphatic rings. The van der Waals surface area contributed by atoms with Gasteiger partial charge in [-0.25, -0.2) is 9.99 Å². The molecule has 0 aliphatic carbocycles. The highest BCUT2D eigenvalue weighted by Crippen LogP contribution is 2.30. The molecule has 0 saturated heterocycles. The smallest absolute Gasteiger partial charge is 0.250 e. The molecule has 0 fully saturated rings. The van der Waals surface area contributed by atoms with Crippen LogP contribution in [-0.2, 0) is 4.79 Å². The molecule has 1 aromatic carbocycles. The second-order valence-electron chi connectivity index (χ2n) is 5.04. The van der Waals surface area contributed by atoms with Gasteiger partial charge in [0.1, 0.15) is 6.67 Å². The summed E-state index contributed by atoms with van der Waals surface area (Å²) in [6.45, 7) is 6.38. The van der Waals surface area contributed by atoms with Crippen molar-refractivity contribution in [1.82, 2.24) is 9.99 Å². The average molecular weight is 288 g/mol. The largest absolute Gasteiger partial charge is 0.342 e. The molecular formula is C14H16N4OS. The summed E-state index contributed by atoms with van der Waals surface area (Å²) in [7, 11) is 0. The number of benzene rings is 1. The number of nitrogens with zero attached hydrogens (tertiary/aromatic N) is 3. The highest BCUT2D eigenvalue weighted by atomic mass is 32.1. The molecule has 1 aliphatic heterocycles. The normalized spacial score (nSPS) is 15.1. The zero-order valence-electron chi connectivity index (χ0n) is 11.7. The third-order valence-electron chi connectivity index (χ3n) is 3.31. The first kappa shape index (κ1) is 13.1. The highest BCUT2D eigenvalue weighted by molar-refractivity contribution is 7.22. The molecule has 20 heavy (non-hydrogen) atoms. The van der Waals surface area contributed by atoms with Crippen molar-refractivity contribution in [1.29, 1.82) is 0 Å². The number of nitrogens with one attached hydrogen (secondary N) is 1. The summed E-state index contributed by atoms with van der Waals surface area (Å²) in [4.78, 5) is 16.2. The number of thiazole rings is 1. The molecule has 0 atom stereocenters. The number of amides is 1. The van der Waals surface area contributed by atoms with Crippen LogP contribution in [0.3, 0.4) is 0 Å². The van der Waals surface area contributed by atoms with E-state index in [0.717, 1.165) is 16.4 Å².